The Bertz CT molecular complexity index is 1180. The fraction of sp³-hybridized carbons (Fsp3) is 0.318. The molecular weight excluding hydrogens is 444 g/mol. The zero-order valence-corrected chi connectivity index (χ0v) is 19.7. The monoisotopic (exact) mass is 470 g/mol. The number of nitrogens with two attached hydrogens (primary N) is 1. The number of aromatic nitrogens is 3. The quantitative estimate of drug-likeness (QED) is 0.207. The average molecular weight is 471 g/mol. The lowest BCUT2D eigenvalue weighted by Gasteiger charge is -2.14. The van der Waals surface area contributed by atoms with E-state index in [0.717, 1.165) is 28.6 Å². The number of thioether (sulfide) groups is 1. The third-order valence-electron chi connectivity index (χ3n) is 4.90. The van der Waals surface area contributed by atoms with Gasteiger partial charge in [0.1, 0.15) is 12.4 Å². The summed E-state index contributed by atoms with van der Waals surface area (Å²) in [5.74, 6) is 7.24. The van der Waals surface area contributed by atoms with Crippen LogP contribution in [0, 0.1) is 24.0 Å². The summed E-state index contributed by atoms with van der Waals surface area (Å²) in [6.07, 6.45) is 0. The van der Waals surface area contributed by atoms with Crippen LogP contribution >= 0.6 is 11.8 Å². The maximum absolute atomic E-state index is 12.3. The van der Waals surface area contributed by atoms with E-state index in [9.17, 15) is 14.9 Å². The van der Waals surface area contributed by atoms with Crippen LogP contribution in [-0.2, 0) is 11.4 Å². The van der Waals surface area contributed by atoms with Crippen LogP contribution in [0.4, 0.5) is 11.4 Å². The molecule has 0 spiro atoms. The molecule has 0 bridgehead atoms. The number of nitro groups is 1. The van der Waals surface area contributed by atoms with Gasteiger partial charge in [-0.2, -0.15) is 0 Å². The summed E-state index contributed by atoms with van der Waals surface area (Å²) in [4.78, 5) is 22.9. The Balaban J connectivity index is 1.59. The molecule has 0 fully saturated rings. The summed E-state index contributed by atoms with van der Waals surface area (Å²) in [7, 11) is 0. The van der Waals surface area contributed by atoms with Crippen molar-refractivity contribution in [2.24, 2.45) is 0 Å². The van der Waals surface area contributed by atoms with Gasteiger partial charge in [0.25, 0.3) is 5.69 Å². The van der Waals surface area contributed by atoms with Crippen LogP contribution in [0.1, 0.15) is 42.3 Å². The molecule has 0 saturated carbocycles. The zero-order chi connectivity index (χ0) is 24.1. The van der Waals surface area contributed by atoms with Gasteiger partial charge < -0.3 is 15.9 Å². The number of nitrogens with zero attached hydrogens (tertiary/aromatic N) is 4. The van der Waals surface area contributed by atoms with Gasteiger partial charge in [-0.15, -0.1) is 10.2 Å². The summed E-state index contributed by atoms with van der Waals surface area (Å²) in [5.41, 5.74) is 2.99. The van der Waals surface area contributed by atoms with Crippen molar-refractivity contribution in [2.45, 2.75) is 45.4 Å². The summed E-state index contributed by atoms with van der Waals surface area (Å²) in [6.45, 7) is 7.95. The zero-order valence-electron chi connectivity index (χ0n) is 18.9. The highest BCUT2D eigenvalue weighted by atomic mass is 32.2. The van der Waals surface area contributed by atoms with Crippen molar-refractivity contribution in [3.8, 4) is 5.75 Å². The van der Waals surface area contributed by atoms with Crippen molar-refractivity contribution in [1.29, 1.82) is 0 Å². The number of carbonyl (C=O) groups excluding carboxylic acids is 1. The van der Waals surface area contributed by atoms with E-state index in [1.54, 1.807) is 19.1 Å². The maximum Gasteiger partial charge on any atom is 0.274 e. The van der Waals surface area contributed by atoms with E-state index in [1.807, 2.05) is 25.1 Å². The lowest BCUT2D eigenvalue weighted by Crippen LogP contribution is -2.18. The van der Waals surface area contributed by atoms with Crippen LogP contribution in [-0.4, -0.2) is 31.5 Å². The van der Waals surface area contributed by atoms with Crippen LogP contribution in [0.25, 0.3) is 0 Å². The Kier molecular flexibility index (Phi) is 7.54. The van der Waals surface area contributed by atoms with E-state index in [1.165, 1.54) is 10.7 Å². The van der Waals surface area contributed by atoms with E-state index < -0.39 is 4.92 Å². The van der Waals surface area contributed by atoms with Crippen LogP contribution in [0.5, 0.6) is 5.75 Å². The summed E-state index contributed by atoms with van der Waals surface area (Å²) >= 11 is 1.10. The Morgan fingerprint density at radius 3 is 2.70 bits per heavy atom. The first-order valence-corrected chi connectivity index (χ1v) is 11.2. The van der Waals surface area contributed by atoms with Crippen LogP contribution in [0.15, 0.2) is 41.6 Å². The van der Waals surface area contributed by atoms with Gasteiger partial charge in [0, 0.05) is 17.3 Å². The Morgan fingerprint density at radius 2 is 2.00 bits per heavy atom. The molecule has 0 saturated heterocycles. The first-order valence-electron chi connectivity index (χ1n) is 10.3. The smallest absolute Gasteiger partial charge is 0.274 e. The Labute approximate surface area is 195 Å². The number of rotatable bonds is 9. The van der Waals surface area contributed by atoms with Crippen LogP contribution < -0.4 is 15.9 Å². The maximum atomic E-state index is 12.3. The molecule has 0 unspecified atom stereocenters. The molecule has 1 amide bonds. The number of nitrogens with one attached hydrogen (secondary N) is 1. The number of hydrogen-bond donors (Lipinski definition) is 2. The largest absolute Gasteiger partial charge is 0.485 e. The number of carbonyl (C=O) groups is 1. The highest BCUT2D eigenvalue weighted by Crippen LogP contribution is 2.28. The highest BCUT2D eigenvalue weighted by Gasteiger charge is 2.16. The first kappa shape index (κ1) is 24.1. The van der Waals surface area contributed by atoms with Gasteiger partial charge in [-0.3, -0.25) is 14.9 Å². The first-order chi connectivity index (χ1) is 15.7. The Morgan fingerprint density at radius 1 is 1.24 bits per heavy atom. The number of aryl methyl sites for hydroxylation is 2. The average Bonchev–Trinajstić information content (AvgIpc) is 3.11. The molecule has 3 aromatic rings. The minimum atomic E-state index is -0.485. The number of ether oxygens (including phenoxy) is 1. The lowest BCUT2D eigenvalue weighted by molar-refractivity contribution is -0.385. The van der Waals surface area contributed by atoms with Crippen LogP contribution in [0.3, 0.4) is 0 Å². The van der Waals surface area contributed by atoms with Gasteiger partial charge in [-0.1, -0.05) is 43.8 Å². The van der Waals surface area contributed by atoms with Gasteiger partial charge in [-0.25, -0.2) is 4.68 Å². The SMILES string of the molecule is Cc1ccc(C(C)C)c(OCc2nnc(SCC(=O)Nc3ccc(C)c([N+](=O)[O-])c3)n2N)c1. The van der Waals surface area contributed by atoms with Gasteiger partial charge >= 0.3 is 0 Å². The third kappa shape index (κ3) is 6.01. The molecule has 2 aromatic carbocycles. The second-order valence-corrected chi connectivity index (χ2v) is 8.79. The van der Waals surface area contributed by atoms with E-state index >= 15 is 0 Å². The molecule has 174 valence electrons. The standard InChI is InChI=1S/C22H26N6O4S/c1-13(2)17-8-5-14(3)9-19(17)32-11-20-25-26-22(27(20)23)33-12-21(29)24-16-7-6-15(4)18(10-16)28(30)31/h5-10,13H,11-12,23H2,1-4H3,(H,24,29). The summed E-state index contributed by atoms with van der Waals surface area (Å²) in [6, 6.07) is 10.6. The molecule has 11 heteroatoms. The molecule has 0 aliphatic rings. The molecule has 0 atom stereocenters. The molecule has 10 nitrogen and oxygen atoms in total. The van der Waals surface area contributed by atoms with Crippen molar-refractivity contribution in [1.82, 2.24) is 14.9 Å². The van der Waals surface area contributed by atoms with Crippen molar-refractivity contribution >= 4 is 29.0 Å². The van der Waals surface area contributed by atoms with Gasteiger partial charge in [-0.05, 0) is 43.0 Å². The summed E-state index contributed by atoms with van der Waals surface area (Å²) < 4.78 is 7.25. The van der Waals surface area contributed by atoms with Crippen molar-refractivity contribution < 1.29 is 14.5 Å². The Hall–Kier alpha value is -3.60. The number of nitrogen functional groups attached to an aromatic ring is 1. The van der Waals surface area contributed by atoms with E-state index in [4.69, 9.17) is 10.6 Å². The number of hydrogen-bond acceptors (Lipinski definition) is 8. The predicted octanol–water partition coefficient (Wildman–Crippen LogP) is 3.95. The van der Waals surface area contributed by atoms with Gasteiger partial charge in [0.2, 0.25) is 11.1 Å². The number of benzene rings is 2. The minimum Gasteiger partial charge on any atom is -0.485 e. The molecule has 3 N–H and O–H groups in total. The number of amides is 1. The van der Waals surface area contributed by atoms with E-state index in [0.29, 0.717) is 28.1 Å². The molecule has 3 rings (SSSR count). The topological polar surface area (TPSA) is 138 Å². The minimum absolute atomic E-state index is 0.00718. The fourth-order valence-corrected chi connectivity index (χ4v) is 3.78. The second-order valence-electron chi connectivity index (χ2n) is 7.85. The molecule has 0 aliphatic carbocycles. The third-order valence-corrected chi connectivity index (χ3v) is 5.85. The molecule has 1 aromatic heterocycles. The molecule has 0 aliphatic heterocycles. The molecule has 33 heavy (non-hydrogen) atoms. The normalized spacial score (nSPS) is 10.9. The number of nitro benzene ring substituents is 1. The summed E-state index contributed by atoms with van der Waals surface area (Å²) in [5, 5.41) is 22.2. The van der Waals surface area contributed by atoms with Gasteiger partial charge in [0.15, 0.2) is 5.82 Å². The molecular formula is C22H26N6O4S. The molecule has 0 radical (unpaired) electrons. The molecule has 1 heterocycles. The van der Waals surface area contributed by atoms with Gasteiger partial charge in [0.05, 0.1) is 10.7 Å². The van der Waals surface area contributed by atoms with Crippen LogP contribution in [0.2, 0.25) is 0 Å². The van der Waals surface area contributed by atoms with Crippen molar-refractivity contribution in [3.05, 3.63) is 69.0 Å². The van der Waals surface area contributed by atoms with E-state index in [-0.39, 0.29) is 24.0 Å². The highest BCUT2D eigenvalue weighted by molar-refractivity contribution is 7.99. The second kappa shape index (κ2) is 10.3. The van der Waals surface area contributed by atoms with Crippen molar-refractivity contribution in [2.75, 3.05) is 16.9 Å². The predicted molar refractivity (Wildman–Crippen MR) is 127 cm³/mol. The number of anilines is 1. The van der Waals surface area contributed by atoms with Crippen molar-refractivity contribution in [3.63, 3.8) is 0 Å². The lowest BCUT2D eigenvalue weighted by atomic mass is 10.0. The van der Waals surface area contributed by atoms with E-state index in [2.05, 4.69) is 29.4 Å². The fourth-order valence-electron chi connectivity index (χ4n) is 3.10.